The van der Waals surface area contributed by atoms with E-state index >= 15 is 0 Å². The summed E-state index contributed by atoms with van der Waals surface area (Å²) in [7, 11) is 0. The summed E-state index contributed by atoms with van der Waals surface area (Å²) in [5.41, 5.74) is 9.89. The van der Waals surface area contributed by atoms with E-state index in [1.165, 1.54) is 0 Å². The van der Waals surface area contributed by atoms with Gasteiger partial charge in [0.1, 0.15) is 0 Å². The number of hydrogen-bond donors (Lipinski definition) is 1. The second kappa shape index (κ2) is 4.85. The Morgan fingerprint density at radius 3 is 2.65 bits per heavy atom. The average Bonchev–Trinajstić information content (AvgIpc) is 2.48. The van der Waals surface area contributed by atoms with Gasteiger partial charge in [-0.2, -0.15) is 0 Å². The number of nitrogens with two attached hydrogens (primary N) is 1. The molecule has 0 unspecified atom stereocenters. The molecule has 100 valence electrons. The van der Waals surface area contributed by atoms with Crippen molar-refractivity contribution in [2.24, 2.45) is 0 Å². The number of aryl methyl sites for hydroxylation is 1. The van der Waals surface area contributed by atoms with Crippen molar-refractivity contribution in [1.29, 1.82) is 0 Å². The van der Waals surface area contributed by atoms with E-state index in [1.54, 1.807) is 12.3 Å². The molecule has 0 saturated heterocycles. The molecule has 0 bridgehead atoms. The van der Waals surface area contributed by atoms with Crippen LogP contribution >= 0.6 is 0 Å². The summed E-state index contributed by atoms with van der Waals surface area (Å²) >= 11 is 0. The summed E-state index contributed by atoms with van der Waals surface area (Å²) in [6.07, 6.45) is 2.71. The van der Waals surface area contributed by atoms with Gasteiger partial charge in [0, 0.05) is 29.0 Å². The number of aromatic nitrogens is 1. The molecule has 3 aromatic rings. The van der Waals surface area contributed by atoms with Crippen molar-refractivity contribution in [3.05, 3.63) is 70.5 Å². The maximum atomic E-state index is 11.9. The summed E-state index contributed by atoms with van der Waals surface area (Å²) in [5, 5.41) is 0.716. The Labute approximate surface area is 117 Å². The Bertz CT molecular complexity index is 834. The van der Waals surface area contributed by atoms with E-state index in [9.17, 15) is 4.79 Å². The van der Waals surface area contributed by atoms with E-state index in [0.717, 1.165) is 28.9 Å². The van der Waals surface area contributed by atoms with E-state index < -0.39 is 0 Å². The van der Waals surface area contributed by atoms with Crippen LogP contribution in [0.25, 0.3) is 16.6 Å². The highest BCUT2D eigenvalue weighted by Crippen LogP contribution is 2.21. The van der Waals surface area contributed by atoms with E-state index in [2.05, 4.69) is 6.92 Å². The molecule has 3 rings (SSSR count). The molecule has 20 heavy (non-hydrogen) atoms. The number of nitrogen functional groups attached to an aromatic ring is 1. The van der Waals surface area contributed by atoms with Gasteiger partial charge in [-0.1, -0.05) is 25.1 Å². The van der Waals surface area contributed by atoms with Crippen molar-refractivity contribution >= 4 is 16.6 Å². The Morgan fingerprint density at radius 2 is 1.90 bits per heavy atom. The second-order valence-corrected chi connectivity index (χ2v) is 4.80. The molecule has 0 amide bonds. The van der Waals surface area contributed by atoms with Crippen LogP contribution in [0.5, 0.6) is 0 Å². The molecule has 0 fully saturated rings. The minimum Gasteiger partial charge on any atom is -0.398 e. The van der Waals surface area contributed by atoms with Crippen molar-refractivity contribution in [2.45, 2.75) is 13.3 Å². The van der Waals surface area contributed by atoms with Gasteiger partial charge in [-0.25, -0.2) is 0 Å². The zero-order valence-corrected chi connectivity index (χ0v) is 11.3. The van der Waals surface area contributed by atoms with Gasteiger partial charge in [0.25, 0.3) is 0 Å². The third kappa shape index (κ3) is 1.97. The zero-order valence-electron chi connectivity index (χ0n) is 11.3. The molecule has 0 aliphatic rings. The van der Waals surface area contributed by atoms with Crippen LogP contribution in [0.2, 0.25) is 0 Å². The number of hydrogen-bond acceptors (Lipinski definition) is 2. The van der Waals surface area contributed by atoms with Crippen molar-refractivity contribution in [2.75, 3.05) is 5.73 Å². The van der Waals surface area contributed by atoms with Gasteiger partial charge in [-0.15, -0.1) is 0 Å². The second-order valence-electron chi connectivity index (χ2n) is 4.80. The Kier molecular flexibility index (Phi) is 3.03. The molecule has 3 nitrogen and oxygen atoms in total. The molecule has 2 N–H and O–H groups in total. The molecule has 0 saturated carbocycles. The van der Waals surface area contributed by atoms with Gasteiger partial charge in [-0.3, -0.25) is 4.79 Å². The monoisotopic (exact) mass is 264 g/mol. The number of benzene rings is 2. The van der Waals surface area contributed by atoms with Gasteiger partial charge >= 0.3 is 0 Å². The summed E-state index contributed by atoms with van der Waals surface area (Å²) in [6.45, 7) is 2.08. The van der Waals surface area contributed by atoms with Gasteiger partial charge in [-0.05, 0) is 36.2 Å². The van der Waals surface area contributed by atoms with Crippen molar-refractivity contribution < 1.29 is 0 Å². The minimum atomic E-state index is 0.0370. The van der Waals surface area contributed by atoms with Gasteiger partial charge in [0.05, 0.1) is 5.52 Å². The first-order valence-corrected chi connectivity index (χ1v) is 6.70. The summed E-state index contributed by atoms with van der Waals surface area (Å²) < 4.78 is 1.99. The molecule has 1 aromatic heterocycles. The Hall–Kier alpha value is -2.55. The van der Waals surface area contributed by atoms with Crippen LogP contribution in [0.1, 0.15) is 12.5 Å². The summed E-state index contributed by atoms with van der Waals surface area (Å²) in [6, 6.07) is 15.2. The van der Waals surface area contributed by atoms with Crippen LogP contribution in [-0.4, -0.2) is 4.57 Å². The molecule has 0 atom stereocenters. The van der Waals surface area contributed by atoms with Crippen LogP contribution in [0.15, 0.2) is 59.5 Å². The Balaban J connectivity index is 2.27. The summed E-state index contributed by atoms with van der Waals surface area (Å²) in [4.78, 5) is 11.9. The maximum Gasteiger partial charge on any atom is 0.189 e. The highest BCUT2D eigenvalue weighted by molar-refractivity contribution is 5.80. The average molecular weight is 264 g/mol. The molecular formula is C17H16N2O. The molecule has 0 spiro atoms. The largest absolute Gasteiger partial charge is 0.398 e. The predicted octanol–water partition coefficient (Wildman–Crippen LogP) is 3.14. The normalized spacial score (nSPS) is 10.8. The minimum absolute atomic E-state index is 0.0370. The highest BCUT2D eigenvalue weighted by Gasteiger charge is 2.05. The number of anilines is 1. The molecule has 3 heteroatoms. The molecule has 1 heterocycles. The van der Waals surface area contributed by atoms with E-state index in [0.29, 0.717) is 5.39 Å². The van der Waals surface area contributed by atoms with E-state index in [4.69, 9.17) is 5.73 Å². The van der Waals surface area contributed by atoms with E-state index in [1.807, 2.05) is 47.0 Å². The SMILES string of the molecule is CCc1ccc(-n2ccc(=O)c3ccccc32)cc1N. The number of fused-ring (bicyclic) bond motifs is 1. The molecule has 0 aliphatic heterocycles. The number of rotatable bonds is 2. The molecular weight excluding hydrogens is 248 g/mol. The maximum absolute atomic E-state index is 11.9. The molecule has 2 aromatic carbocycles. The lowest BCUT2D eigenvalue weighted by molar-refractivity contribution is 1.08. The lowest BCUT2D eigenvalue weighted by atomic mass is 10.1. The summed E-state index contributed by atoms with van der Waals surface area (Å²) in [5.74, 6) is 0. The lowest BCUT2D eigenvalue weighted by Gasteiger charge is -2.12. The highest BCUT2D eigenvalue weighted by atomic mass is 16.1. The quantitative estimate of drug-likeness (QED) is 0.723. The number of nitrogens with zero attached hydrogens (tertiary/aromatic N) is 1. The van der Waals surface area contributed by atoms with Gasteiger partial charge < -0.3 is 10.3 Å². The third-order valence-electron chi connectivity index (χ3n) is 3.59. The van der Waals surface area contributed by atoms with Crippen LogP contribution < -0.4 is 11.2 Å². The first-order valence-electron chi connectivity index (χ1n) is 6.70. The smallest absolute Gasteiger partial charge is 0.189 e. The number of para-hydroxylation sites is 1. The van der Waals surface area contributed by atoms with Crippen LogP contribution in [0, 0.1) is 0 Å². The fourth-order valence-corrected chi connectivity index (χ4v) is 2.48. The first-order chi connectivity index (χ1) is 9.70. The molecule has 0 radical (unpaired) electrons. The Morgan fingerprint density at radius 1 is 1.10 bits per heavy atom. The fourth-order valence-electron chi connectivity index (χ4n) is 2.48. The zero-order chi connectivity index (χ0) is 14.1. The topological polar surface area (TPSA) is 48.0 Å². The van der Waals surface area contributed by atoms with Gasteiger partial charge in [0.2, 0.25) is 0 Å². The van der Waals surface area contributed by atoms with Crippen LogP contribution in [-0.2, 0) is 6.42 Å². The van der Waals surface area contributed by atoms with Crippen molar-refractivity contribution in [1.82, 2.24) is 4.57 Å². The number of pyridine rings is 1. The lowest BCUT2D eigenvalue weighted by Crippen LogP contribution is -2.07. The predicted molar refractivity (Wildman–Crippen MR) is 83.3 cm³/mol. The molecule has 0 aliphatic carbocycles. The standard InChI is InChI=1S/C17H16N2O/c1-2-12-7-8-13(11-15(12)18)19-10-9-17(20)14-5-3-4-6-16(14)19/h3-11H,2,18H2,1H3. The van der Waals surface area contributed by atoms with Crippen LogP contribution in [0.4, 0.5) is 5.69 Å². The van der Waals surface area contributed by atoms with Crippen molar-refractivity contribution in [3.63, 3.8) is 0 Å². The fraction of sp³-hybridized carbons (Fsp3) is 0.118. The third-order valence-corrected chi connectivity index (χ3v) is 3.59. The van der Waals surface area contributed by atoms with E-state index in [-0.39, 0.29) is 5.43 Å². The van der Waals surface area contributed by atoms with Crippen molar-refractivity contribution in [3.8, 4) is 5.69 Å². The van der Waals surface area contributed by atoms with Crippen LogP contribution in [0.3, 0.4) is 0 Å². The van der Waals surface area contributed by atoms with Gasteiger partial charge in [0.15, 0.2) is 5.43 Å². The first kappa shape index (κ1) is 12.5.